The van der Waals surface area contributed by atoms with Crippen molar-refractivity contribution in [3.8, 4) is 0 Å². The highest BCUT2D eigenvalue weighted by Gasteiger charge is 2.31. The Kier molecular flexibility index (Phi) is 5.30. The van der Waals surface area contributed by atoms with Gasteiger partial charge in [0.15, 0.2) is 0 Å². The zero-order valence-corrected chi connectivity index (χ0v) is 13.2. The van der Waals surface area contributed by atoms with Crippen molar-refractivity contribution in [1.29, 1.82) is 0 Å². The summed E-state index contributed by atoms with van der Waals surface area (Å²) in [6, 6.07) is 0.726. The number of carbonyl (C=O) groups excluding carboxylic acids is 1. The molecule has 2 rings (SSSR count). The molecule has 4 heteroatoms. The maximum Gasteiger partial charge on any atom is 0.407 e. The van der Waals surface area contributed by atoms with Crippen LogP contribution in [0.15, 0.2) is 0 Å². The normalized spacial score (nSPS) is 27.8. The minimum atomic E-state index is -0.409. The first-order valence-electron chi connectivity index (χ1n) is 8.14. The number of ether oxygens (including phenoxy) is 1. The van der Waals surface area contributed by atoms with Gasteiger partial charge in [-0.05, 0) is 71.3 Å². The van der Waals surface area contributed by atoms with Crippen LogP contribution >= 0.6 is 0 Å². The van der Waals surface area contributed by atoms with Crippen molar-refractivity contribution < 1.29 is 9.53 Å². The molecule has 0 spiro atoms. The van der Waals surface area contributed by atoms with Gasteiger partial charge in [0.2, 0.25) is 0 Å². The van der Waals surface area contributed by atoms with Gasteiger partial charge < -0.3 is 15.4 Å². The number of hydrogen-bond donors (Lipinski definition) is 2. The summed E-state index contributed by atoms with van der Waals surface area (Å²) in [4.78, 5) is 11.6. The second-order valence-electron chi connectivity index (χ2n) is 7.36. The third-order valence-electron chi connectivity index (χ3n) is 4.49. The zero-order valence-electron chi connectivity index (χ0n) is 13.2. The minimum Gasteiger partial charge on any atom is -0.444 e. The number of alkyl carbamates (subject to hydrolysis) is 1. The predicted octanol–water partition coefficient (Wildman–Crippen LogP) is 3.07. The van der Waals surface area contributed by atoms with Crippen LogP contribution in [0.25, 0.3) is 0 Å². The van der Waals surface area contributed by atoms with E-state index in [1.807, 2.05) is 20.8 Å². The van der Waals surface area contributed by atoms with E-state index in [9.17, 15) is 4.79 Å². The highest BCUT2D eigenvalue weighted by Crippen LogP contribution is 2.34. The summed E-state index contributed by atoms with van der Waals surface area (Å²) in [5, 5.41) is 6.55. The molecule has 1 saturated heterocycles. The van der Waals surface area contributed by atoms with Crippen molar-refractivity contribution in [1.82, 2.24) is 10.6 Å². The van der Waals surface area contributed by atoms with Gasteiger partial charge in [0, 0.05) is 12.6 Å². The molecule has 0 bridgehead atoms. The SMILES string of the molecule is CC(C)(C)OC(=O)NCCC1CCNC(C2CCC2)C1. The fraction of sp³-hybridized carbons (Fsp3) is 0.938. The van der Waals surface area contributed by atoms with Crippen LogP contribution in [0.2, 0.25) is 0 Å². The largest absolute Gasteiger partial charge is 0.444 e. The maximum atomic E-state index is 11.6. The van der Waals surface area contributed by atoms with Gasteiger partial charge >= 0.3 is 6.09 Å². The zero-order chi connectivity index (χ0) is 14.6. The summed E-state index contributed by atoms with van der Waals surface area (Å²) >= 11 is 0. The van der Waals surface area contributed by atoms with Gasteiger partial charge in [0.25, 0.3) is 0 Å². The van der Waals surface area contributed by atoms with Crippen molar-refractivity contribution in [3.05, 3.63) is 0 Å². The second kappa shape index (κ2) is 6.79. The fourth-order valence-corrected chi connectivity index (χ4v) is 3.19. The quantitative estimate of drug-likeness (QED) is 0.833. The van der Waals surface area contributed by atoms with E-state index < -0.39 is 5.60 Å². The van der Waals surface area contributed by atoms with Crippen LogP contribution < -0.4 is 10.6 Å². The van der Waals surface area contributed by atoms with E-state index in [1.54, 1.807) is 0 Å². The number of amides is 1. The molecular weight excluding hydrogens is 252 g/mol. The lowest BCUT2D eigenvalue weighted by molar-refractivity contribution is 0.0522. The number of hydrogen-bond acceptors (Lipinski definition) is 3. The second-order valence-corrected chi connectivity index (χ2v) is 7.36. The van der Waals surface area contributed by atoms with Gasteiger partial charge in [-0.1, -0.05) is 6.42 Å². The average molecular weight is 282 g/mol. The summed E-state index contributed by atoms with van der Waals surface area (Å²) in [6.45, 7) is 7.54. The fourth-order valence-electron chi connectivity index (χ4n) is 3.19. The number of carbonyl (C=O) groups is 1. The first kappa shape index (κ1) is 15.6. The van der Waals surface area contributed by atoms with Crippen LogP contribution in [0.5, 0.6) is 0 Å². The Morgan fingerprint density at radius 1 is 1.30 bits per heavy atom. The third-order valence-corrected chi connectivity index (χ3v) is 4.49. The van der Waals surface area contributed by atoms with Crippen LogP contribution in [-0.4, -0.2) is 30.8 Å². The molecular formula is C16H30N2O2. The van der Waals surface area contributed by atoms with E-state index in [0.29, 0.717) is 0 Å². The highest BCUT2D eigenvalue weighted by molar-refractivity contribution is 5.67. The molecule has 4 nitrogen and oxygen atoms in total. The molecule has 0 aromatic carbocycles. The van der Waals surface area contributed by atoms with Gasteiger partial charge in [-0.25, -0.2) is 4.79 Å². The Balaban J connectivity index is 1.62. The van der Waals surface area contributed by atoms with E-state index >= 15 is 0 Å². The summed E-state index contributed by atoms with van der Waals surface area (Å²) < 4.78 is 5.25. The first-order chi connectivity index (χ1) is 9.44. The first-order valence-corrected chi connectivity index (χ1v) is 8.14. The molecule has 2 atom stereocenters. The molecule has 2 fully saturated rings. The average Bonchev–Trinajstić information content (AvgIpc) is 2.24. The molecule has 116 valence electrons. The molecule has 0 aromatic rings. The lowest BCUT2D eigenvalue weighted by Crippen LogP contribution is -2.45. The topological polar surface area (TPSA) is 50.4 Å². The molecule has 2 unspecified atom stereocenters. The van der Waals surface area contributed by atoms with Crippen LogP contribution in [0.4, 0.5) is 4.79 Å². The highest BCUT2D eigenvalue weighted by atomic mass is 16.6. The van der Waals surface area contributed by atoms with Crippen molar-refractivity contribution in [3.63, 3.8) is 0 Å². The van der Waals surface area contributed by atoms with Crippen LogP contribution in [-0.2, 0) is 4.74 Å². The van der Waals surface area contributed by atoms with E-state index in [2.05, 4.69) is 10.6 Å². The van der Waals surface area contributed by atoms with Gasteiger partial charge in [-0.2, -0.15) is 0 Å². The van der Waals surface area contributed by atoms with E-state index in [-0.39, 0.29) is 6.09 Å². The number of rotatable bonds is 4. The minimum absolute atomic E-state index is 0.290. The lowest BCUT2D eigenvalue weighted by atomic mass is 9.74. The molecule has 1 aliphatic heterocycles. The van der Waals surface area contributed by atoms with Gasteiger partial charge in [-0.15, -0.1) is 0 Å². The molecule has 2 aliphatic rings. The van der Waals surface area contributed by atoms with Crippen molar-refractivity contribution in [2.75, 3.05) is 13.1 Å². The smallest absolute Gasteiger partial charge is 0.407 e. The van der Waals surface area contributed by atoms with Crippen LogP contribution in [0.3, 0.4) is 0 Å². The molecule has 1 aliphatic carbocycles. The van der Waals surface area contributed by atoms with Gasteiger partial charge in [0.05, 0.1) is 0 Å². The summed E-state index contributed by atoms with van der Waals surface area (Å²) in [6.07, 6.45) is 7.51. The third kappa shape index (κ3) is 4.97. The number of piperidine rings is 1. The van der Waals surface area contributed by atoms with E-state index in [4.69, 9.17) is 4.74 Å². The Bertz CT molecular complexity index is 321. The van der Waals surface area contributed by atoms with Crippen LogP contribution in [0.1, 0.15) is 59.3 Å². The lowest BCUT2D eigenvalue weighted by Gasteiger charge is -2.39. The predicted molar refractivity (Wildman–Crippen MR) is 80.7 cm³/mol. The monoisotopic (exact) mass is 282 g/mol. The van der Waals surface area contributed by atoms with Gasteiger partial charge in [0.1, 0.15) is 5.60 Å². The summed E-state index contributed by atoms with van der Waals surface area (Å²) in [5.74, 6) is 1.66. The van der Waals surface area contributed by atoms with E-state index in [0.717, 1.165) is 37.4 Å². The Morgan fingerprint density at radius 2 is 2.05 bits per heavy atom. The molecule has 1 heterocycles. The Labute approximate surface area is 123 Å². The molecule has 1 saturated carbocycles. The number of nitrogens with one attached hydrogen (secondary N) is 2. The Hall–Kier alpha value is -0.770. The van der Waals surface area contributed by atoms with Gasteiger partial charge in [-0.3, -0.25) is 0 Å². The van der Waals surface area contributed by atoms with Crippen molar-refractivity contribution in [2.45, 2.75) is 70.9 Å². The van der Waals surface area contributed by atoms with Crippen molar-refractivity contribution >= 4 is 6.09 Å². The Morgan fingerprint density at radius 3 is 2.65 bits per heavy atom. The van der Waals surface area contributed by atoms with Crippen molar-refractivity contribution in [2.24, 2.45) is 11.8 Å². The molecule has 2 N–H and O–H groups in total. The molecule has 20 heavy (non-hydrogen) atoms. The molecule has 1 amide bonds. The standard InChI is InChI=1S/C16H30N2O2/c1-16(2,3)20-15(19)18-10-8-12-7-9-17-14(11-12)13-5-4-6-13/h12-14,17H,4-11H2,1-3H3,(H,18,19). The summed E-state index contributed by atoms with van der Waals surface area (Å²) in [7, 11) is 0. The molecule has 0 aromatic heterocycles. The molecule has 0 radical (unpaired) electrons. The summed E-state index contributed by atoms with van der Waals surface area (Å²) in [5.41, 5.74) is -0.409. The van der Waals surface area contributed by atoms with Crippen LogP contribution in [0, 0.1) is 11.8 Å². The maximum absolute atomic E-state index is 11.6. The van der Waals surface area contributed by atoms with E-state index in [1.165, 1.54) is 32.1 Å².